The highest BCUT2D eigenvalue weighted by molar-refractivity contribution is 5.85. The lowest BCUT2D eigenvalue weighted by Gasteiger charge is -2.37. The fraction of sp³-hybridized carbons (Fsp3) is 0.467. The molecular weight excluding hydrogens is 294 g/mol. The van der Waals surface area contributed by atoms with Crippen LogP contribution in [0.25, 0.3) is 0 Å². The fourth-order valence-electron chi connectivity index (χ4n) is 2.60. The number of ether oxygens (including phenoxy) is 1. The summed E-state index contributed by atoms with van der Waals surface area (Å²) in [6, 6.07) is 9.26. The van der Waals surface area contributed by atoms with Crippen molar-refractivity contribution in [3.05, 3.63) is 35.9 Å². The normalized spacial score (nSPS) is 28.4. The van der Waals surface area contributed by atoms with Crippen molar-refractivity contribution in [1.29, 1.82) is 0 Å². The van der Waals surface area contributed by atoms with E-state index in [1.165, 1.54) is 0 Å². The van der Waals surface area contributed by atoms with Gasteiger partial charge in [0.2, 0.25) is 0 Å². The SMILES string of the molecule is CC1OC(=O)C(C)C(NCc2ccccc2)C1C(=O)O.Cl. The van der Waals surface area contributed by atoms with E-state index in [0.29, 0.717) is 6.54 Å². The molecule has 1 fully saturated rings. The second-order valence-corrected chi connectivity index (χ2v) is 5.19. The lowest BCUT2D eigenvalue weighted by molar-refractivity contribution is -0.173. The van der Waals surface area contributed by atoms with Crippen LogP contribution in [0, 0.1) is 11.8 Å². The monoisotopic (exact) mass is 313 g/mol. The smallest absolute Gasteiger partial charge is 0.311 e. The molecule has 1 aliphatic rings. The van der Waals surface area contributed by atoms with E-state index in [0.717, 1.165) is 5.56 Å². The molecule has 0 aliphatic carbocycles. The Bertz CT molecular complexity index is 494. The number of carboxylic acid groups (broad SMARTS) is 1. The Hall–Kier alpha value is -1.59. The molecular formula is C15H20ClNO4. The molecule has 4 unspecified atom stereocenters. The molecule has 0 amide bonds. The number of halogens is 1. The zero-order valence-corrected chi connectivity index (χ0v) is 12.8. The van der Waals surface area contributed by atoms with Crippen molar-refractivity contribution in [3.63, 3.8) is 0 Å². The van der Waals surface area contributed by atoms with Crippen LogP contribution in [0.4, 0.5) is 0 Å². The van der Waals surface area contributed by atoms with E-state index in [1.54, 1.807) is 13.8 Å². The second-order valence-electron chi connectivity index (χ2n) is 5.19. The van der Waals surface area contributed by atoms with E-state index in [4.69, 9.17) is 4.74 Å². The minimum atomic E-state index is -0.942. The summed E-state index contributed by atoms with van der Waals surface area (Å²) < 4.78 is 5.09. The molecule has 2 rings (SSSR count). The number of carbonyl (C=O) groups excluding carboxylic acids is 1. The van der Waals surface area contributed by atoms with Crippen molar-refractivity contribution in [3.8, 4) is 0 Å². The first kappa shape index (κ1) is 17.5. The summed E-state index contributed by atoms with van der Waals surface area (Å²) in [7, 11) is 0. The summed E-state index contributed by atoms with van der Waals surface area (Å²) in [5.74, 6) is -2.50. The molecule has 0 bridgehead atoms. The van der Waals surface area contributed by atoms with Gasteiger partial charge in [0.1, 0.15) is 12.0 Å². The third kappa shape index (κ3) is 3.95. The van der Waals surface area contributed by atoms with Crippen LogP contribution < -0.4 is 5.32 Å². The Labute approximate surface area is 130 Å². The van der Waals surface area contributed by atoms with Crippen LogP contribution in [0.1, 0.15) is 19.4 Å². The number of hydrogen-bond acceptors (Lipinski definition) is 4. The topological polar surface area (TPSA) is 75.6 Å². The molecule has 1 aliphatic heterocycles. The number of hydrogen-bond donors (Lipinski definition) is 2. The summed E-state index contributed by atoms with van der Waals surface area (Å²) in [6.45, 7) is 3.85. The first-order valence-electron chi connectivity index (χ1n) is 6.71. The van der Waals surface area contributed by atoms with Gasteiger partial charge in [0.05, 0.1) is 5.92 Å². The lowest BCUT2D eigenvalue weighted by atomic mass is 9.83. The van der Waals surface area contributed by atoms with Crippen LogP contribution in [0.5, 0.6) is 0 Å². The van der Waals surface area contributed by atoms with Crippen LogP contribution in [0.2, 0.25) is 0 Å². The summed E-state index contributed by atoms with van der Waals surface area (Å²) in [4.78, 5) is 23.1. The van der Waals surface area contributed by atoms with Gasteiger partial charge < -0.3 is 15.2 Å². The molecule has 0 spiro atoms. The Balaban J connectivity index is 0.00000220. The molecule has 0 saturated carbocycles. The van der Waals surface area contributed by atoms with Gasteiger partial charge >= 0.3 is 11.9 Å². The average molecular weight is 314 g/mol. The molecule has 5 nitrogen and oxygen atoms in total. The van der Waals surface area contributed by atoms with E-state index in [1.807, 2.05) is 30.3 Å². The summed E-state index contributed by atoms with van der Waals surface area (Å²) in [6.07, 6.45) is -0.621. The van der Waals surface area contributed by atoms with E-state index < -0.39 is 30.0 Å². The number of cyclic esters (lactones) is 1. The van der Waals surface area contributed by atoms with Crippen LogP contribution in [-0.4, -0.2) is 29.2 Å². The lowest BCUT2D eigenvalue weighted by Crippen LogP contribution is -2.56. The number of rotatable bonds is 4. The summed E-state index contributed by atoms with van der Waals surface area (Å²) >= 11 is 0. The number of nitrogens with one attached hydrogen (secondary N) is 1. The molecule has 1 heterocycles. The van der Waals surface area contributed by atoms with Gasteiger partial charge in [-0.1, -0.05) is 37.3 Å². The van der Waals surface area contributed by atoms with Crippen molar-refractivity contribution in [1.82, 2.24) is 5.32 Å². The molecule has 0 aromatic heterocycles. The predicted molar refractivity (Wildman–Crippen MR) is 80.2 cm³/mol. The highest BCUT2D eigenvalue weighted by atomic mass is 35.5. The first-order chi connectivity index (χ1) is 9.50. The van der Waals surface area contributed by atoms with Gasteiger partial charge in [-0.25, -0.2) is 0 Å². The highest BCUT2D eigenvalue weighted by Gasteiger charge is 2.45. The van der Waals surface area contributed by atoms with Crippen molar-refractivity contribution in [2.45, 2.75) is 32.5 Å². The van der Waals surface area contributed by atoms with Crippen LogP contribution in [0.15, 0.2) is 30.3 Å². The molecule has 4 atom stereocenters. The maximum Gasteiger partial charge on any atom is 0.311 e. The molecule has 2 N–H and O–H groups in total. The highest BCUT2D eigenvalue weighted by Crippen LogP contribution is 2.27. The van der Waals surface area contributed by atoms with Gasteiger partial charge in [0.25, 0.3) is 0 Å². The van der Waals surface area contributed by atoms with Crippen LogP contribution in [0.3, 0.4) is 0 Å². The van der Waals surface area contributed by atoms with E-state index in [9.17, 15) is 14.7 Å². The molecule has 1 aromatic rings. The molecule has 1 saturated heterocycles. The zero-order valence-electron chi connectivity index (χ0n) is 12.0. The standard InChI is InChI=1S/C15H19NO4.ClH/c1-9-13(16-8-11-6-4-3-5-7-11)12(14(17)18)10(2)20-15(9)19;/h3-7,9-10,12-13,16H,8H2,1-2H3,(H,17,18);1H. The molecule has 6 heteroatoms. The van der Waals surface area contributed by atoms with E-state index >= 15 is 0 Å². The Morgan fingerprint density at radius 1 is 1.29 bits per heavy atom. The summed E-state index contributed by atoms with van der Waals surface area (Å²) in [5.41, 5.74) is 1.05. The zero-order chi connectivity index (χ0) is 14.7. The third-order valence-electron chi connectivity index (χ3n) is 3.77. The van der Waals surface area contributed by atoms with Crippen molar-refractivity contribution < 1.29 is 19.4 Å². The van der Waals surface area contributed by atoms with Crippen molar-refractivity contribution in [2.75, 3.05) is 0 Å². The van der Waals surface area contributed by atoms with Gasteiger partial charge in [0, 0.05) is 12.6 Å². The number of esters is 1. The van der Waals surface area contributed by atoms with Gasteiger partial charge in [-0.05, 0) is 12.5 Å². The Morgan fingerprint density at radius 3 is 2.48 bits per heavy atom. The number of benzene rings is 1. The van der Waals surface area contributed by atoms with Crippen LogP contribution in [-0.2, 0) is 20.9 Å². The third-order valence-corrected chi connectivity index (χ3v) is 3.77. The van der Waals surface area contributed by atoms with Gasteiger partial charge in [-0.3, -0.25) is 9.59 Å². The number of carboxylic acids is 1. The van der Waals surface area contributed by atoms with Gasteiger partial charge in [-0.15, -0.1) is 12.4 Å². The molecule has 116 valence electrons. The second kappa shape index (κ2) is 7.43. The Morgan fingerprint density at radius 2 is 1.90 bits per heavy atom. The Kier molecular flexibility index (Phi) is 6.18. The number of aliphatic carboxylic acids is 1. The quantitative estimate of drug-likeness (QED) is 0.830. The van der Waals surface area contributed by atoms with Crippen molar-refractivity contribution in [2.24, 2.45) is 11.8 Å². The average Bonchev–Trinajstić information content (AvgIpc) is 2.41. The maximum absolute atomic E-state index is 11.7. The molecule has 0 radical (unpaired) electrons. The first-order valence-corrected chi connectivity index (χ1v) is 6.71. The van der Waals surface area contributed by atoms with Crippen molar-refractivity contribution >= 4 is 24.3 Å². The van der Waals surface area contributed by atoms with E-state index in [2.05, 4.69) is 5.32 Å². The minimum absolute atomic E-state index is 0. The molecule has 1 aromatic carbocycles. The summed E-state index contributed by atoms with van der Waals surface area (Å²) in [5, 5.41) is 12.5. The van der Waals surface area contributed by atoms with Gasteiger partial charge in [0.15, 0.2) is 0 Å². The predicted octanol–water partition coefficient (Wildman–Crippen LogP) is 1.85. The number of carbonyl (C=O) groups is 2. The van der Waals surface area contributed by atoms with Gasteiger partial charge in [-0.2, -0.15) is 0 Å². The molecule has 21 heavy (non-hydrogen) atoms. The van der Waals surface area contributed by atoms with Crippen LogP contribution >= 0.6 is 12.4 Å². The fourth-order valence-corrected chi connectivity index (χ4v) is 2.60. The largest absolute Gasteiger partial charge is 0.481 e. The maximum atomic E-state index is 11.7. The van der Waals surface area contributed by atoms with E-state index in [-0.39, 0.29) is 18.4 Å². The minimum Gasteiger partial charge on any atom is -0.481 e.